The van der Waals surface area contributed by atoms with Crippen LogP contribution in [0.1, 0.15) is 6.92 Å². The van der Waals surface area contributed by atoms with E-state index in [4.69, 9.17) is 9.47 Å². The summed E-state index contributed by atoms with van der Waals surface area (Å²) in [6.45, 7) is 2.44. The van der Waals surface area contributed by atoms with Gasteiger partial charge in [-0.2, -0.15) is 0 Å². The molecule has 4 heteroatoms. The third kappa shape index (κ3) is 3.40. The van der Waals surface area contributed by atoms with Gasteiger partial charge in [0, 0.05) is 19.2 Å². The summed E-state index contributed by atoms with van der Waals surface area (Å²) < 4.78 is 23.3. The van der Waals surface area contributed by atoms with Gasteiger partial charge in [0.05, 0.1) is 19.4 Å². The third-order valence-electron chi connectivity index (χ3n) is 1.99. The summed E-state index contributed by atoms with van der Waals surface area (Å²) in [6.07, 6.45) is 0. The van der Waals surface area contributed by atoms with Crippen LogP contribution in [0.5, 0.6) is 5.75 Å². The van der Waals surface area contributed by atoms with Gasteiger partial charge in [-0.25, -0.2) is 4.39 Å². The number of hydrogen-bond acceptors (Lipinski definition) is 3. The molecule has 15 heavy (non-hydrogen) atoms. The summed E-state index contributed by atoms with van der Waals surface area (Å²) in [4.78, 5) is 0. The first-order valence-corrected chi connectivity index (χ1v) is 4.76. The first-order chi connectivity index (χ1) is 7.17. The highest BCUT2D eigenvalue weighted by molar-refractivity contribution is 5.50. The zero-order valence-corrected chi connectivity index (χ0v) is 9.21. The molecule has 0 aromatic heterocycles. The molecule has 0 fully saturated rings. The van der Waals surface area contributed by atoms with E-state index in [0.29, 0.717) is 18.0 Å². The van der Waals surface area contributed by atoms with Crippen molar-refractivity contribution in [3.05, 3.63) is 24.0 Å². The second-order valence-electron chi connectivity index (χ2n) is 3.35. The maximum atomic E-state index is 13.3. The first kappa shape index (κ1) is 11.8. The van der Waals surface area contributed by atoms with Crippen molar-refractivity contribution in [3.8, 4) is 5.75 Å². The lowest BCUT2D eigenvalue weighted by atomic mass is 10.2. The molecule has 0 radical (unpaired) electrons. The van der Waals surface area contributed by atoms with E-state index in [1.54, 1.807) is 26.4 Å². The van der Waals surface area contributed by atoms with E-state index in [0.717, 1.165) is 0 Å². The Morgan fingerprint density at radius 1 is 1.40 bits per heavy atom. The summed E-state index contributed by atoms with van der Waals surface area (Å²) in [5, 5.41) is 3.01. The molecule has 0 aliphatic rings. The van der Waals surface area contributed by atoms with Crippen molar-refractivity contribution in [3.63, 3.8) is 0 Å². The summed E-state index contributed by atoms with van der Waals surface area (Å²) in [6, 6.07) is 4.64. The molecule has 3 nitrogen and oxygen atoms in total. The quantitative estimate of drug-likeness (QED) is 0.814. The number of anilines is 1. The molecule has 0 unspecified atom stereocenters. The molecule has 84 valence electrons. The summed E-state index contributed by atoms with van der Waals surface area (Å²) in [5.41, 5.74) is 0.430. The molecule has 0 aliphatic carbocycles. The maximum Gasteiger partial charge on any atom is 0.146 e. The molecule has 0 spiro atoms. The second-order valence-corrected chi connectivity index (χ2v) is 3.35. The van der Waals surface area contributed by atoms with Crippen LogP contribution in [-0.4, -0.2) is 26.9 Å². The highest BCUT2D eigenvalue weighted by Gasteiger charge is 2.07. The molecule has 0 saturated carbocycles. The van der Waals surface area contributed by atoms with E-state index in [1.807, 2.05) is 6.92 Å². The van der Waals surface area contributed by atoms with Gasteiger partial charge in [-0.1, -0.05) is 0 Å². The number of halogens is 1. The fourth-order valence-electron chi connectivity index (χ4n) is 1.30. The van der Waals surface area contributed by atoms with Crippen molar-refractivity contribution in [1.29, 1.82) is 0 Å². The zero-order valence-electron chi connectivity index (χ0n) is 9.21. The predicted molar refractivity (Wildman–Crippen MR) is 57.9 cm³/mol. The molecule has 1 rings (SSSR count). The number of benzene rings is 1. The van der Waals surface area contributed by atoms with Crippen LogP contribution in [0.15, 0.2) is 18.2 Å². The zero-order chi connectivity index (χ0) is 11.3. The van der Waals surface area contributed by atoms with E-state index in [9.17, 15) is 4.39 Å². The first-order valence-electron chi connectivity index (χ1n) is 4.76. The minimum Gasteiger partial charge on any atom is -0.497 e. The third-order valence-corrected chi connectivity index (χ3v) is 1.99. The smallest absolute Gasteiger partial charge is 0.146 e. The Morgan fingerprint density at radius 2 is 2.13 bits per heavy atom. The average molecular weight is 213 g/mol. The fourth-order valence-corrected chi connectivity index (χ4v) is 1.30. The molecule has 0 heterocycles. The molecule has 0 bridgehead atoms. The Hall–Kier alpha value is -1.29. The molecular weight excluding hydrogens is 197 g/mol. The van der Waals surface area contributed by atoms with Crippen LogP contribution in [0.4, 0.5) is 10.1 Å². The number of methoxy groups -OCH3 is 2. The van der Waals surface area contributed by atoms with Crippen LogP contribution < -0.4 is 10.1 Å². The van der Waals surface area contributed by atoms with Crippen molar-refractivity contribution in [2.45, 2.75) is 13.0 Å². The second kappa shape index (κ2) is 5.56. The normalized spacial score (nSPS) is 12.3. The monoisotopic (exact) mass is 213 g/mol. The van der Waals surface area contributed by atoms with Gasteiger partial charge in [0.25, 0.3) is 0 Å². The Kier molecular flexibility index (Phi) is 4.37. The van der Waals surface area contributed by atoms with Gasteiger partial charge in [0.2, 0.25) is 0 Å². The Labute approximate surface area is 89.2 Å². The van der Waals surface area contributed by atoms with Crippen molar-refractivity contribution < 1.29 is 13.9 Å². The van der Waals surface area contributed by atoms with E-state index in [-0.39, 0.29) is 11.9 Å². The van der Waals surface area contributed by atoms with E-state index in [1.165, 1.54) is 6.07 Å². The van der Waals surface area contributed by atoms with Crippen LogP contribution in [0.3, 0.4) is 0 Å². The van der Waals surface area contributed by atoms with Gasteiger partial charge in [-0.3, -0.25) is 0 Å². The van der Waals surface area contributed by atoms with Crippen molar-refractivity contribution in [1.82, 2.24) is 0 Å². The lowest BCUT2D eigenvalue weighted by Gasteiger charge is -2.15. The largest absolute Gasteiger partial charge is 0.497 e. The number of rotatable bonds is 5. The molecule has 1 aromatic rings. The molecule has 0 saturated heterocycles. The van der Waals surface area contributed by atoms with Crippen molar-refractivity contribution in [2.75, 3.05) is 26.1 Å². The van der Waals surface area contributed by atoms with Crippen molar-refractivity contribution >= 4 is 5.69 Å². The molecule has 0 aliphatic heterocycles. The molecule has 1 atom stereocenters. The van der Waals surface area contributed by atoms with Crippen LogP contribution in [0.25, 0.3) is 0 Å². The van der Waals surface area contributed by atoms with Crippen LogP contribution in [0.2, 0.25) is 0 Å². The molecule has 1 N–H and O–H groups in total. The van der Waals surface area contributed by atoms with Crippen LogP contribution >= 0.6 is 0 Å². The highest BCUT2D eigenvalue weighted by atomic mass is 19.1. The number of hydrogen-bond donors (Lipinski definition) is 1. The van der Waals surface area contributed by atoms with Gasteiger partial charge < -0.3 is 14.8 Å². The minimum atomic E-state index is -0.293. The van der Waals surface area contributed by atoms with E-state index >= 15 is 0 Å². The van der Waals surface area contributed by atoms with Gasteiger partial charge in [0.15, 0.2) is 0 Å². The molecule has 0 amide bonds. The molecular formula is C11H16FNO2. The minimum absolute atomic E-state index is 0.0524. The highest BCUT2D eigenvalue weighted by Crippen LogP contribution is 2.21. The Balaban J connectivity index is 2.74. The standard InChI is InChI=1S/C11H16FNO2/c1-8(7-14-2)13-11-6-9(15-3)4-5-10(11)12/h4-6,8,13H,7H2,1-3H3/t8-/m1/s1. The molecule has 1 aromatic carbocycles. The number of ether oxygens (including phenoxy) is 2. The lowest BCUT2D eigenvalue weighted by molar-refractivity contribution is 0.190. The van der Waals surface area contributed by atoms with Gasteiger partial charge in [-0.15, -0.1) is 0 Å². The fraction of sp³-hybridized carbons (Fsp3) is 0.455. The SMILES string of the molecule is COC[C@@H](C)Nc1cc(OC)ccc1F. The van der Waals surface area contributed by atoms with Crippen LogP contribution in [-0.2, 0) is 4.74 Å². The topological polar surface area (TPSA) is 30.5 Å². The Morgan fingerprint density at radius 3 is 2.73 bits per heavy atom. The summed E-state index contributed by atoms with van der Waals surface area (Å²) in [7, 11) is 3.16. The van der Waals surface area contributed by atoms with Gasteiger partial charge >= 0.3 is 0 Å². The van der Waals surface area contributed by atoms with Crippen molar-refractivity contribution in [2.24, 2.45) is 0 Å². The summed E-state index contributed by atoms with van der Waals surface area (Å²) >= 11 is 0. The average Bonchev–Trinajstić information content (AvgIpc) is 2.21. The lowest BCUT2D eigenvalue weighted by Crippen LogP contribution is -2.21. The van der Waals surface area contributed by atoms with E-state index in [2.05, 4.69) is 5.32 Å². The number of nitrogens with one attached hydrogen (secondary N) is 1. The van der Waals surface area contributed by atoms with E-state index < -0.39 is 0 Å². The van der Waals surface area contributed by atoms with Gasteiger partial charge in [-0.05, 0) is 19.1 Å². The maximum absolute atomic E-state index is 13.3. The summed E-state index contributed by atoms with van der Waals surface area (Å²) in [5.74, 6) is 0.335. The Bertz CT molecular complexity index is 317. The van der Waals surface area contributed by atoms with Crippen LogP contribution in [0, 0.1) is 5.82 Å². The van der Waals surface area contributed by atoms with Gasteiger partial charge in [0.1, 0.15) is 11.6 Å². The predicted octanol–water partition coefficient (Wildman–Crippen LogP) is 2.28.